The monoisotopic (exact) mass is 265 g/mol. The van der Waals surface area contributed by atoms with E-state index in [9.17, 15) is 18.0 Å². The molecule has 3 unspecified atom stereocenters. The van der Waals surface area contributed by atoms with Gasteiger partial charge in [-0.1, -0.05) is 0 Å². The Morgan fingerprint density at radius 2 is 2.17 bits per heavy atom. The van der Waals surface area contributed by atoms with Gasteiger partial charge < -0.3 is 11.1 Å². The number of fused-ring (bicyclic) bond motifs is 1. The number of halogens is 3. The Kier molecular flexibility index (Phi) is 3.82. The largest absolute Gasteiger partial charge is 0.405 e. The number of nitrogens with one attached hydrogen (secondary N) is 1. The number of nitrogens with two attached hydrogens (primary N) is 1. The standard InChI is InChI=1S/C11H18F3N3O/c12-11(13,14)9(5-15)17-4-3-8-7(6-17)1-2-10(18)16-8/h7-9H,1-6,15H2,(H,16,18). The molecule has 2 aliphatic heterocycles. The van der Waals surface area contributed by atoms with Crippen LogP contribution >= 0.6 is 0 Å². The number of hydrogen-bond donors (Lipinski definition) is 2. The van der Waals surface area contributed by atoms with Gasteiger partial charge in [-0.2, -0.15) is 13.2 Å². The summed E-state index contributed by atoms with van der Waals surface area (Å²) in [6.45, 7) is 0.294. The fraction of sp³-hybridized carbons (Fsp3) is 0.909. The minimum absolute atomic E-state index is 0.0101. The summed E-state index contributed by atoms with van der Waals surface area (Å²) in [7, 11) is 0. The molecule has 1 amide bonds. The SMILES string of the molecule is NCC(N1CCC2NC(=O)CCC2C1)C(F)(F)F. The molecular formula is C11H18F3N3O. The molecular weight excluding hydrogens is 247 g/mol. The molecule has 104 valence electrons. The molecule has 0 spiro atoms. The summed E-state index contributed by atoms with van der Waals surface area (Å²) in [5.74, 6) is 0.128. The second-order valence-corrected chi connectivity index (χ2v) is 5.05. The third-order valence-electron chi connectivity index (χ3n) is 3.90. The maximum atomic E-state index is 12.8. The minimum atomic E-state index is -4.28. The summed E-state index contributed by atoms with van der Waals surface area (Å²) in [5, 5.41) is 2.86. The molecule has 0 aromatic rings. The molecule has 7 heteroatoms. The quantitative estimate of drug-likeness (QED) is 0.763. The second-order valence-electron chi connectivity index (χ2n) is 5.05. The predicted octanol–water partition coefficient (Wildman–Crippen LogP) is 0.476. The van der Waals surface area contributed by atoms with Gasteiger partial charge >= 0.3 is 6.18 Å². The van der Waals surface area contributed by atoms with Gasteiger partial charge in [-0.25, -0.2) is 0 Å². The van der Waals surface area contributed by atoms with Crippen LogP contribution in [0.1, 0.15) is 19.3 Å². The number of likely N-dealkylation sites (tertiary alicyclic amines) is 1. The molecule has 3 atom stereocenters. The molecule has 2 heterocycles. The zero-order chi connectivity index (χ0) is 13.3. The molecule has 2 saturated heterocycles. The van der Waals surface area contributed by atoms with Gasteiger partial charge in [0.25, 0.3) is 0 Å². The number of carbonyl (C=O) groups excluding carboxylic acids is 1. The summed E-state index contributed by atoms with van der Waals surface area (Å²) in [5.41, 5.74) is 5.25. The van der Waals surface area contributed by atoms with Gasteiger partial charge in [0.05, 0.1) is 0 Å². The topological polar surface area (TPSA) is 58.4 Å². The molecule has 0 aromatic carbocycles. The van der Waals surface area contributed by atoms with Gasteiger partial charge in [-0.05, 0) is 18.8 Å². The maximum absolute atomic E-state index is 12.8. The highest BCUT2D eigenvalue weighted by Crippen LogP contribution is 2.31. The fourth-order valence-electron chi connectivity index (χ4n) is 2.91. The van der Waals surface area contributed by atoms with Gasteiger partial charge in [-0.15, -0.1) is 0 Å². The molecule has 0 saturated carbocycles. The molecule has 4 nitrogen and oxygen atoms in total. The van der Waals surface area contributed by atoms with Gasteiger partial charge in [0.15, 0.2) is 0 Å². The Labute approximate surface area is 104 Å². The van der Waals surface area contributed by atoms with Crippen molar-refractivity contribution in [3.63, 3.8) is 0 Å². The van der Waals surface area contributed by atoms with Crippen LogP contribution in [0.25, 0.3) is 0 Å². The van der Waals surface area contributed by atoms with Crippen LogP contribution in [0.15, 0.2) is 0 Å². The Hall–Kier alpha value is -0.820. The molecule has 18 heavy (non-hydrogen) atoms. The normalized spacial score (nSPS) is 31.7. The minimum Gasteiger partial charge on any atom is -0.353 e. The van der Waals surface area contributed by atoms with Crippen molar-refractivity contribution in [2.45, 2.75) is 37.5 Å². The molecule has 2 aliphatic rings. The predicted molar refractivity (Wildman–Crippen MR) is 59.7 cm³/mol. The van der Waals surface area contributed by atoms with Crippen LogP contribution in [-0.2, 0) is 4.79 Å². The maximum Gasteiger partial charge on any atom is 0.405 e. The highest BCUT2D eigenvalue weighted by molar-refractivity contribution is 5.77. The Balaban J connectivity index is 2.00. The zero-order valence-electron chi connectivity index (χ0n) is 10.0. The Morgan fingerprint density at radius 1 is 1.44 bits per heavy atom. The van der Waals surface area contributed by atoms with Crippen molar-refractivity contribution in [3.8, 4) is 0 Å². The summed E-state index contributed by atoms with van der Waals surface area (Å²) < 4.78 is 38.4. The first kappa shape index (κ1) is 13.6. The van der Waals surface area contributed by atoms with E-state index in [1.54, 1.807) is 0 Å². The molecule has 3 N–H and O–H groups in total. The van der Waals surface area contributed by atoms with Crippen LogP contribution in [0.3, 0.4) is 0 Å². The lowest BCUT2D eigenvalue weighted by atomic mass is 9.84. The van der Waals surface area contributed by atoms with Gasteiger partial charge in [0, 0.05) is 32.1 Å². The van der Waals surface area contributed by atoms with Crippen molar-refractivity contribution in [2.75, 3.05) is 19.6 Å². The van der Waals surface area contributed by atoms with Crippen LogP contribution in [0, 0.1) is 5.92 Å². The molecule has 0 aliphatic carbocycles. The highest BCUT2D eigenvalue weighted by atomic mass is 19.4. The van der Waals surface area contributed by atoms with Crippen molar-refractivity contribution in [3.05, 3.63) is 0 Å². The lowest BCUT2D eigenvalue weighted by molar-refractivity contribution is -0.186. The van der Waals surface area contributed by atoms with Crippen molar-refractivity contribution in [1.29, 1.82) is 0 Å². The first-order chi connectivity index (χ1) is 8.41. The summed E-state index contributed by atoms with van der Waals surface area (Å²) in [6.07, 6.45) is -2.63. The number of amides is 1. The van der Waals surface area contributed by atoms with Crippen molar-refractivity contribution >= 4 is 5.91 Å². The van der Waals surface area contributed by atoms with E-state index in [0.717, 1.165) is 0 Å². The zero-order valence-corrected chi connectivity index (χ0v) is 10.0. The van der Waals surface area contributed by atoms with Crippen LogP contribution in [0.5, 0.6) is 0 Å². The van der Waals surface area contributed by atoms with E-state index in [4.69, 9.17) is 5.73 Å². The summed E-state index contributed by atoms with van der Waals surface area (Å²) in [6, 6.07) is -1.52. The van der Waals surface area contributed by atoms with Crippen LogP contribution in [0.2, 0.25) is 0 Å². The van der Waals surface area contributed by atoms with E-state index in [0.29, 0.717) is 32.4 Å². The fourth-order valence-corrected chi connectivity index (χ4v) is 2.91. The average Bonchev–Trinajstić information content (AvgIpc) is 2.28. The van der Waals surface area contributed by atoms with E-state index < -0.39 is 18.8 Å². The number of carbonyl (C=O) groups is 1. The van der Waals surface area contributed by atoms with Crippen molar-refractivity contribution < 1.29 is 18.0 Å². The van der Waals surface area contributed by atoms with E-state index in [1.807, 2.05) is 0 Å². The smallest absolute Gasteiger partial charge is 0.353 e. The van der Waals surface area contributed by atoms with Crippen LogP contribution in [-0.4, -0.2) is 48.7 Å². The van der Waals surface area contributed by atoms with Crippen LogP contribution < -0.4 is 11.1 Å². The number of rotatable bonds is 2. The number of hydrogen-bond acceptors (Lipinski definition) is 3. The number of alkyl halides is 3. The summed E-state index contributed by atoms with van der Waals surface area (Å²) >= 11 is 0. The van der Waals surface area contributed by atoms with Gasteiger partial charge in [0.1, 0.15) is 6.04 Å². The van der Waals surface area contributed by atoms with Crippen molar-refractivity contribution in [2.24, 2.45) is 11.7 Å². The van der Waals surface area contributed by atoms with Gasteiger partial charge in [-0.3, -0.25) is 9.69 Å². The van der Waals surface area contributed by atoms with E-state index in [1.165, 1.54) is 4.90 Å². The van der Waals surface area contributed by atoms with E-state index >= 15 is 0 Å². The highest BCUT2D eigenvalue weighted by Gasteiger charge is 2.45. The van der Waals surface area contributed by atoms with E-state index in [2.05, 4.69) is 5.32 Å². The number of nitrogens with zero attached hydrogens (tertiary/aromatic N) is 1. The van der Waals surface area contributed by atoms with Crippen LogP contribution in [0.4, 0.5) is 13.2 Å². The molecule has 0 bridgehead atoms. The first-order valence-corrected chi connectivity index (χ1v) is 6.22. The Bertz CT molecular complexity index is 321. The second kappa shape index (κ2) is 5.05. The lowest BCUT2D eigenvalue weighted by Crippen LogP contribution is -2.59. The first-order valence-electron chi connectivity index (χ1n) is 6.22. The third-order valence-corrected chi connectivity index (χ3v) is 3.90. The Morgan fingerprint density at radius 3 is 2.78 bits per heavy atom. The number of piperidine rings is 2. The van der Waals surface area contributed by atoms with E-state index in [-0.39, 0.29) is 17.9 Å². The molecule has 2 rings (SSSR count). The third kappa shape index (κ3) is 2.77. The van der Waals surface area contributed by atoms with Gasteiger partial charge in [0.2, 0.25) is 5.91 Å². The molecule has 2 fully saturated rings. The average molecular weight is 265 g/mol. The molecule has 0 aromatic heterocycles. The summed E-state index contributed by atoms with van der Waals surface area (Å²) in [4.78, 5) is 12.6. The lowest BCUT2D eigenvalue weighted by Gasteiger charge is -2.44. The van der Waals surface area contributed by atoms with Crippen molar-refractivity contribution in [1.82, 2.24) is 10.2 Å². The molecule has 0 radical (unpaired) electrons.